The number of benzene rings is 2. The van der Waals surface area contributed by atoms with Crippen LogP contribution in [0.5, 0.6) is 0 Å². The largest absolute Gasteiger partial charge is 0.493 e. The van der Waals surface area contributed by atoms with Crippen molar-refractivity contribution in [3.63, 3.8) is 0 Å². The molecule has 1 aliphatic heterocycles. The van der Waals surface area contributed by atoms with Crippen LogP contribution >= 0.6 is 0 Å². The molecule has 2 aromatic rings. The number of hydrogen-bond donors (Lipinski definition) is 0. The molecule has 0 N–H and O–H groups in total. The number of rotatable bonds is 18. The number of hydrogen-bond acceptors (Lipinski definition) is 0. The topological polar surface area (TPSA) is 25.3 Å². The minimum Gasteiger partial charge on any atom is -0.493 e. The first kappa shape index (κ1) is 36.4. The van der Waals surface area contributed by atoms with Gasteiger partial charge in [-0.3, -0.25) is 0 Å². The second-order valence-electron chi connectivity index (χ2n) is 12.6. The fraction of sp³-hybridized carbons (Fsp3) is 0.590. The summed E-state index contributed by atoms with van der Waals surface area (Å²) in [4.78, 5) is 0. The average molecular weight is 661 g/mol. The van der Waals surface area contributed by atoms with Crippen LogP contribution in [0.3, 0.4) is 0 Å². The second-order valence-corrected chi connectivity index (χ2v) is 12.6. The van der Waals surface area contributed by atoms with E-state index < -0.39 is 0 Å². The Morgan fingerprint density at radius 1 is 0.571 bits per heavy atom. The van der Waals surface area contributed by atoms with Crippen molar-refractivity contribution in [2.45, 2.75) is 151 Å². The van der Waals surface area contributed by atoms with E-state index in [1.54, 1.807) is 5.56 Å². The van der Waals surface area contributed by atoms with Gasteiger partial charge in [0, 0.05) is 43.2 Å². The first-order valence-electron chi connectivity index (χ1n) is 17.0. The third kappa shape index (κ3) is 9.59. The Morgan fingerprint density at radius 3 is 1.62 bits per heavy atom. The third-order valence-corrected chi connectivity index (χ3v) is 9.17. The number of unbranched alkanes of at least 4 members (excludes halogenated alkanes) is 8. The fourth-order valence-corrected chi connectivity index (χ4v) is 6.32. The van der Waals surface area contributed by atoms with Gasteiger partial charge in [0.2, 0.25) is 11.4 Å². The summed E-state index contributed by atoms with van der Waals surface area (Å²) in [6.07, 6.45) is 21.7. The first-order valence-corrected chi connectivity index (χ1v) is 17.0. The molecule has 0 atom stereocenters. The van der Waals surface area contributed by atoms with E-state index in [9.17, 15) is 5.53 Å². The maximum absolute atomic E-state index is 11.9. The van der Waals surface area contributed by atoms with Crippen LogP contribution in [0, 0.1) is 20.8 Å². The van der Waals surface area contributed by atoms with E-state index in [1.165, 1.54) is 127 Å². The van der Waals surface area contributed by atoms with Crippen LogP contribution < -0.4 is 0 Å². The van der Waals surface area contributed by atoms with Crippen molar-refractivity contribution in [1.29, 1.82) is 0 Å². The molecule has 42 heavy (non-hydrogen) atoms. The maximum atomic E-state index is 11.9. The molecule has 0 unspecified atom stereocenters. The van der Waals surface area contributed by atoms with Gasteiger partial charge in [-0.1, -0.05) is 79.1 Å². The molecule has 0 saturated heterocycles. The van der Waals surface area contributed by atoms with Gasteiger partial charge in [0.1, 0.15) is 0 Å². The van der Waals surface area contributed by atoms with Gasteiger partial charge in [0.25, 0.3) is 0 Å². The van der Waals surface area contributed by atoms with Gasteiger partial charge in [-0.2, -0.15) is 0 Å². The smallest absolute Gasteiger partial charge is 0.210 e. The molecule has 0 saturated carbocycles. The molecule has 1 heterocycles. The number of allylic oxidation sites excluding steroid dienone is 2. The van der Waals surface area contributed by atoms with Gasteiger partial charge in [0.15, 0.2) is 0 Å². The number of nitrogens with zero attached hydrogens (tertiary/aromatic N) is 2. The molecule has 234 valence electrons. The van der Waals surface area contributed by atoms with Crippen LogP contribution in [0.15, 0.2) is 35.9 Å². The minimum absolute atomic E-state index is 0. The summed E-state index contributed by atoms with van der Waals surface area (Å²) in [6, 6.07) is 9.38. The average Bonchev–Trinajstić information content (AvgIpc) is 3.29. The van der Waals surface area contributed by atoms with E-state index in [4.69, 9.17) is 0 Å². The van der Waals surface area contributed by atoms with Crippen molar-refractivity contribution in [2.24, 2.45) is 0 Å². The van der Waals surface area contributed by atoms with Crippen molar-refractivity contribution >= 4 is 11.4 Å². The van der Waals surface area contributed by atoms with Crippen molar-refractivity contribution in [2.75, 3.05) is 0 Å². The Labute approximate surface area is 272 Å². The molecule has 2 aromatic carbocycles. The van der Waals surface area contributed by atoms with Gasteiger partial charge >= 0.3 is 0 Å². The zero-order chi connectivity index (χ0) is 29.8. The van der Waals surface area contributed by atoms with E-state index in [2.05, 4.69) is 78.8 Å². The molecular formula is C39H58N2Pd. The third-order valence-electron chi connectivity index (χ3n) is 9.17. The Balaban J connectivity index is 0.00000616. The quantitative estimate of drug-likeness (QED) is 0.0863. The molecule has 0 aromatic heterocycles. The molecule has 0 radical (unpaired) electrons. The Bertz CT molecular complexity index is 1180. The van der Waals surface area contributed by atoms with E-state index in [1.807, 2.05) is 0 Å². The predicted octanol–water partition coefficient (Wildman–Crippen LogP) is 12.2. The molecule has 0 fully saturated rings. The van der Waals surface area contributed by atoms with Crippen LogP contribution in [0.1, 0.15) is 156 Å². The molecule has 0 aliphatic carbocycles. The summed E-state index contributed by atoms with van der Waals surface area (Å²) < 4.78 is 1.53. The summed E-state index contributed by atoms with van der Waals surface area (Å²) in [7, 11) is 0. The zero-order valence-corrected chi connectivity index (χ0v) is 29.5. The normalized spacial score (nSPS) is 13.1. The van der Waals surface area contributed by atoms with Crippen molar-refractivity contribution in [1.82, 2.24) is 0 Å². The van der Waals surface area contributed by atoms with E-state index in [-0.39, 0.29) is 20.4 Å². The molecule has 1 aliphatic rings. The van der Waals surface area contributed by atoms with Crippen LogP contribution in [-0.2, 0) is 39.7 Å². The Hall–Kier alpha value is -1.82. The second kappa shape index (κ2) is 18.8. The van der Waals surface area contributed by atoms with Gasteiger partial charge < -0.3 is 5.53 Å². The van der Waals surface area contributed by atoms with Gasteiger partial charge in [0.05, 0.1) is 0 Å². The van der Waals surface area contributed by atoms with Gasteiger partial charge in [-0.05, 0) is 130 Å². The SMILES string of the molecule is CCCCCCCCC1=C(c2cc(CCCC)c(CCCC)c(CCCC)c2)[N+](=[N-])C(c2cc(C)c(C)c(C)c2)=C1.[Pd]. The van der Waals surface area contributed by atoms with Crippen molar-refractivity contribution in [3.05, 3.63) is 86.0 Å². The number of aryl methyl sites for hydroxylation is 4. The molecular weight excluding hydrogens is 603 g/mol. The fourth-order valence-electron chi connectivity index (χ4n) is 6.32. The molecule has 0 amide bonds. The summed E-state index contributed by atoms with van der Waals surface area (Å²) >= 11 is 0. The standard InChI is InChI=1S/C39H58N2.Pd/c1-8-12-16-17-18-19-22-34-28-38(35-24-29(5)31(7)30(6)25-35)41(40)39(34)36-26-32(20-13-9-2)37(23-15-11-4)33(27-36)21-14-10-3;/h24-28H,8-23H2,1-7H3;. The van der Waals surface area contributed by atoms with E-state index in [0.29, 0.717) is 0 Å². The molecule has 3 rings (SSSR count). The Kier molecular flexibility index (Phi) is 16.2. The van der Waals surface area contributed by atoms with Crippen LogP contribution in [0.2, 0.25) is 0 Å². The van der Waals surface area contributed by atoms with Crippen LogP contribution in [0.25, 0.3) is 16.9 Å². The summed E-state index contributed by atoms with van der Waals surface area (Å²) in [5, 5.41) is 0. The maximum Gasteiger partial charge on any atom is 0.210 e. The zero-order valence-electron chi connectivity index (χ0n) is 27.9. The van der Waals surface area contributed by atoms with Crippen molar-refractivity contribution in [3.8, 4) is 0 Å². The van der Waals surface area contributed by atoms with Gasteiger partial charge in [-0.25, -0.2) is 4.70 Å². The summed E-state index contributed by atoms with van der Waals surface area (Å²) in [5.74, 6) is 0. The first-order chi connectivity index (χ1) is 19.9. The van der Waals surface area contributed by atoms with Crippen LogP contribution in [0.4, 0.5) is 0 Å². The van der Waals surface area contributed by atoms with Gasteiger partial charge in [-0.15, -0.1) is 0 Å². The monoisotopic (exact) mass is 660 g/mol. The van der Waals surface area contributed by atoms with Crippen molar-refractivity contribution < 1.29 is 25.1 Å². The predicted molar refractivity (Wildman–Crippen MR) is 179 cm³/mol. The molecule has 3 heteroatoms. The van der Waals surface area contributed by atoms with E-state index in [0.717, 1.165) is 36.2 Å². The van der Waals surface area contributed by atoms with E-state index >= 15 is 0 Å². The Morgan fingerprint density at radius 2 is 1.07 bits per heavy atom. The molecule has 2 nitrogen and oxygen atoms in total. The summed E-state index contributed by atoms with van der Waals surface area (Å²) in [6.45, 7) is 15.7. The minimum atomic E-state index is 0. The molecule has 0 spiro atoms. The molecule has 0 bridgehead atoms. The van der Waals surface area contributed by atoms with Crippen LogP contribution in [-0.4, -0.2) is 4.70 Å². The summed E-state index contributed by atoms with van der Waals surface area (Å²) in [5.41, 5.74) is 26.0.